The molecule has 8 heteroatoms. The number of carboxylic acids is 1. The molecule has 1 aromatic rings. The molecular formula is C12H16N2O5S. The molecule has 0 aliphatic carbocycles. The van der Waals surface area contributed by atoms with Crippen molar-refractivity contribution < 1.29 is 23.1 Å². The van der Waals surface area contributed by atoms with Crippen molar-refractivity contribution in [2.24, 2.45) is 0 Å². The lowest BCUT2D eigenvalue weighted by atomic mass is 10.1. The van der Waals surface area contributed by atoms with Crippen LogP contribution in [0.3, 0.4) is 0 Å². The van der Waals surface area contributed by atoms with Crippen LogP contribution in [-0.2, 0) is 10.0 Å². The molecule has 0 bridgehead atoms. The summed E-state index contributed by atoms with van der Waals surface area (Å²) < 4.78 is 24.0. The van der Waals surface area contributed by atoms with E-state index in [0.29, 0.717) is 0 Å². The van der Waals surface area contributed by atoms with E-state index < -0.39 is 21.9 Å². The van der Waals surface area contributed by atoms with Crippen LogP contribution in [0.5, 0.6) is 0 Å². The molecule has 0 heterocycles. The van der Waals surface area contributed by atoms with Crippen LogP contribution in [0.4, 0.5) is 0 Å². The predicted octanol–water partition coefficient (Wildman–Crippen LogP) is 0.00600. The molecule has 0 aliphatic rings. The third kappa shape index (κ3) is 4.32. The zero-order valence-corrected chi connectivity index (χ0v) is 12.0. The van der Waals surface area contributed by atoms with Gasteiger partial charge < -0.3 is 10.4 Å². The maximum atomic E-state index is 11.7. The van der Waals surface area contributed by atoms with E-state index >= 15 is 0 Å². The van der Waals surface area contributed by atoms with Crippen LogP contribution in [0.1, 0.15) is 20.7 Å². The summed E-state index contributed by atoms with van der Waals surface area (Å²) >= 11 is 0. The summed E-state index contributed by atoms with van der Waals surface area (Å²) in [5.41, 5.74) is 0.356. The number of nitrogens with zero attached hydrogens (tertiary/aromatic N) is 1. The number of hydrogen-bond donors (Lipinski definition) is 2. The zero-order chi connectivity index (χ0) is 15.3. The number of carbonyl (C=O) groups excluding carboxylic acids is 1. The minimum Gasteiger partial charge on any atom is -0.478 e. The van der Waals surface area contributed by atoms with Crippen molar-refractivity contribution in [2.45, 2.75) is 0 Å². The Morgan fingerprint density at radius 3 is 2.10 bits per heavy atom. The van der Waals surface area contributed by atoms with Crippen molar-refractivity contribution >= 4 is 21.9 Å². The molecule has 0 unspecified atom stereocenters. The van der Waals surface area contributed by atoms with Gasteiger partial charge in [-0.15, -0.1) is 0 Å². The monoisotopic (exact) mass is 300 g/mol. The molecule has 0 saturated heterocycles. The van der Waals surface area contributed by atoms with Crippen molar-refractivity contribution in [3.05, 3.63) is 35.4 Å². The van der Waals surface area contributed by atoms with E-state index in [1.807, 2.05) is 0 Å². The molecule has 7 nitrogen and oxygen atoms in total. The Hall–Kier alpha value is -1.93. The lowest BCUT2D eigenvalue weighted by Crippen LogP contribution is -2.33. The molecule has 1 rings (SSSR count). The van der Waals surface area contributed by atoms with Gasteiger partial charge in [-0.3, -0.25) is 4.79 Å². The topological polar surface area (TPSA) is 104 Å². The van der Waals surface area contributed by atoms with Crippen molar-refractivity contribution in [2.75, 3.05) is 26.4 Å². The van der Waals surface area contributed by atoms with E-state index in [4.69, 9.17) is 5.11 Å². The van der Waals surface area contributed by atoms with Gasteiger partial charge in [-0.25, -0.2) is 17.5 Å². The summed E-state index contributed by atoms with van der Waals surface area (Å²) in [5, 5.41) is 11.2. The summed E-state index contributed by atoms with van der Waals surface area (Å²) in [6, 6.07) is 5.38. The Morgan fingerprint density at radius 2 is 1.65 bits per heavy atom. The second-order valence-electron chi connectivity index (χ2n) is 4.24. The first-order chi connectivity index (χ1) is 9.24. The highest BCUT2D eigenvalue weighted by Crippen LogP contribution is 2.04. The van der Waals surface area contributed by atoms with Gasteiger partial charge in [0.25, 0.3) is 5.91 Å². The fraction of sp³-hybridized carbons (Fsp3) is 0.333. The van der Waals surface area contributed by atoms with Crippen LogP contribution >= 0.6 is 0 Å². The van der Waals surface area contributed by atoms with Crippen molar-refractivity contribution in [1.82, 2.24) is 9.62 Å². The van der Waals surface area contributed by atoms with E-state index in [1.54, 1.807) is 0 Å². The maximum Gasteiger partial charge on any atom is 0.335 e. The number of nitrogens with one attached hydrogen (secondary N) is 1. The molecule has 1 amide bonds. The number of rotatable bonds is 6. The van der Waals surface area contributed by atoms with Crippen molar-refractivity contribution in [1.29, 1.82) is 0 Å². The van der Waals surface area contributed by atoms with Gasteiger partial charge in [-0.2, -0.15) is 0 Å². The second-order valence-corrected chi connectivity index (χ2v) is 6.54. The van der Waals surface area contributed by atoms with Crippen LogP contribution in [0.25, 0.3) is 0 Å². The first kappa shape index (κ1) is 16.1. The van der Waals surface area contributed by atoms with Crippen molar-refractivity contribution in [3.63, 3.8) is 0 Å². The predicted molar refractivity (Wildman–Crippen MR) is 73.2 cm³/mol. The SMILES string of the molecule is CN(C)S(=O)(=O)CCNC(=O)c1ccc(C(=O)O)cc1. The zero-order valence-electron chi connectivity index (χ0n) is 11.2. The van der Waals surface area contributed by atoms with Gasteiger partial charge in [0.1, 0.15) is 0 Å². The van der Waals surface area contributed by atoms with Gasteiger partial charge in [0.05, 0.1) is 11.3 Å². The fourth-order valence-corrected chi connectivity index (χ4v) is 2.07. The number of sulfonamides is 1. The van der Waals surface area contributed by atoms with Crippen LogP contribution in [0.2, 0.25) is 0 Å². The Bertz CT molecular complexity index is 593. The molecule has 0 atom stereocenters. The molecule has 2 N–H and O–H groups in total. The minimum atomic E-state index is -3.35. The van der Waals surface area contributed by atoms with Crippen LogP contribution < -0.4 is 5.32 Å². The minimum absolute atomic E-state index is 0.0139. The largest absolute Gasteiger partial charge is 0.478 e. The number of aromatic carboxylic acids is 1. The quantitative estimate of drug-likeness (QED) is 0.770. The Kier molecular flexibility index (Phi) is 5.23. The number of carboxylic acid groups (broad SMARTS) is 1. The smallest absolute Gasteiger partial charge is 0.335 e. The molecule has 20 heavy (non-hydrogen) atoms. The standard InChI is InChI=1S/C12H16N2O5S/c1-14(2)20(18,19)8-7-13-11(15)9-3-5-10(6-4-9)12(16)17/h3-6H,7-8H2,1-2H3,(H,13,15)(H,16,17). The van der Waals surface area contributed by atoms with E-state index in [0.717, 1.165) is 4.31 Å². The molecule has 1 aromatic carbocycles. The number of carbonyl (C=O) groups is 2. The van der Waals surface area contributed by atoms with Gasteiger partial charge in [0.15, 0.2) is 0 Å². The third-order valence-electron chi connectivity index (χ3n) is 2.60. The van der Waals surface area contributed by atoms with Gasteiger partial charge in [-0.05, 0) is 24.3 Å². The van der Waals surface area contributed by atoms with Gasteiger partial charge >= 0.3 is 5.97 Å². The highest BCUT2D eigenvalue weighted by atomic mass is 32.2. The third-order valence-corrected chi connectivity index (χ3v) is 4.43. The average molecular weight is 300 g/mol. The summed E-state index contributed by atoms with van der Waals surface area (Å²) in [6.07, 6.45) is 0. The summed E-state index contributed by atoms with van der Waals surface area (Å²) in [6.45, 7) is -0.0139. The Morgan fingerprint density at radius 1 is 1.15 bits per heavy atom. The lowest BCUT2D eigenvalue weighted by molar-refractivity contribution is 0.0696. The first-order valence-electron chi connectivity index (χ1n) is 5.76. The van der Waals surface area contributed by atoms with Crippen LogP contribution in [0, 0.1) is 0 Å². The molecule has 110 valence electrons. The average Bonchev–Trinajstić information content (AvgIpc) is 2.38. The summed E-state index contributed by atoms with van der Waals surface area (Å²) in [5.74, 6) is -1.72. The van der Waals surface area contributed by atoms with Crippen molar-refractivity contribution in [3.8, 4) is 0 Å². The fourth-order valence-electron chi connectivity index (χ4n) is 1.34. The van der Waals surface area contributed by atoms with E-state index in [2.05, 4.69) is 5.32 Å². The molecule has 0 aromatic heterocycles. The number of hydrogen-bond acceptors (Lipinski definition) is 4. The normalized spacial score (nSPS) is 11.3. The summed E-state index contributed by atoms with van der Waals surface area (Å²) in [4.78, 5) is 22.4. The molecule has 0 radical (unpaired) electrons. The lowest BCUT2D eigenvalue weighted by Gasteiger charge is -2.11. The number of benzene rings is 1. The van der Waals surface area contributed by atoms with E-state index in [-0.39, 0.29) is 23.4 Å². The summed E-state index contributed by atoms with van der Waals surface area (Å²) in [7, 11) is -0.516. The molecular weight excluding hydrogens is 284 g/mol. The molecule has 0 spiro atoms. The van der Waals surface area contributed by atoms with Crippen LogP contribution in [-0.4, -0.2) is 56.1 Å². The molecule has 0 saturated carbocycles. The van der Waals surface area contributed by atoms with Crippen LogP contribution in [0.15, 0.2) is 24.3 Å². The van der Waals surface area contributed by atoms with Gasteiger partial charge in [-0.1, -0.05) is 0 Å². The second kappa shape index (κ2) is 6.49. The Labute approximate surface area is 117 Å². The Balaban J connectivity index is 2.58. The first-order valence-corrected chi connectivity index (χ1v) is 7.36. The number of amides is 1. The van der Waals surface area contributed by atoms with Gasteiger partial charge in [0, 0.05) is 26.2 Å². The molecule has 0 aliphatic heterocycles. The van der Waals surface area contributed by atoms with E-state index in [9.17, 15) is 18.0 Å². The molecule has 0 fully saturated rings. The highest BCUT2D eigenvalue weighted by Gasteiger charge is 2.14. The van der Waals surface area contributed by atoms with Gasteiger partial charge in [0.2, 0.25) is 10.0 Å². The maximum absolute atomic E-state index is 11.7. The van der Waals surface area contributed by atoms with E-state index in [1.165, 1.54) is 38.4 Å². The highest BCUT2D eigenvalue weighted by molar-refractivity contribution is 7.89.